The maximum atomic E-state index is 11.8. The molecule has 1 heterocycles. The third kappa shape index (κ3) is 3.03. The van der Waals surface area contributed by atoms with Crippen LogP contribution in [0.3, 0.4) is 0 Å². The second-order valence-electron chi connectivity index (χ2n) is 4.01. The molecule has 1 rings (SSSR count). The maximum Gasteiger partial charge on any atom is 0.237 e. The van der Waals surface area contributed by atoms with Crippen LogP contribution in [0.5, 0.6) is 0 Å². The molecule has 6 heteroatoms. The summed E-state index contributed by atoms with van der Waals surface area (Å²) in [7, 11) is 0. The lowest BCUT2D eigenvalue weighted by Crippen LogP contribution is -2.45. The third-order valence-corrected chi connectivity index (χ3v) is 2.76. The monoisotopic (exact) mass is 225 g/mol. The lowest BCUT2D eigenvalue weighted by molar-refractivity contribution is -0.124. The minimum absolute atomic E-state index is 0.154. The van der Waals surface area contributed by atoms with E-state index in [4.69, 9.17) is 5.73 Å². The van der Waals surface area contributed by atoms with E-state index in [0.29, 0.717) is 5.82 Å². The molecule has 0 aliphatic heterocycles. The van der Waals surface area contributed by atoms with E-state index in [0.717, 1.165) is 6.42 Å². The highest BCUT2D eigenvalue weighted by atomic mass is 16.2. The standard InChI is InChI=1S/C10H19N5O/c1-4-6(2)8(11)10(16)14-7(3)9-12-5-13-15-9/h5-8H,4,11H2,1-3H3,(H,14,16)(H,12,13,15)/t6?,7?,8-/m0/s1. The molecule has 0 saturated heterocycles. The van der Waals surface area contributed by atoms with Crippen LogP contribution < -0.4 is 11.1 Å². The second kappa shape index (κ2) is 5.60. The van der Waals surface area contributed by atoms with Crippen LogP contribution in [0.1, 0.15) is 39.1 Å². The van der Waals surface area contributed by atoms with E-state index in [-0.39, 0.29) is 17.9 Å². The molecule has 0 fully saturated rings. The summed E-state index contributed by atoms with van der Waals surface area (Å²) in [5.41, 5.74) is 5.81. The number of carbonyl (C=O) groups is 1. The first-order valence-electron chi connectivity index (χ1n) is 5.47. The molecule has 0 aliphatic rings. The fourth-order valence-corrected chi connectivity index (χ4v) is 1.31. The van der Waals surface area contributed by atoms with Gasteiger partial charge in [0.15, 0.2) is 0 Å². The molecular formula is C10H19N5O. The molecular weight excluding hydrogens is 206 g/mol. The van der Waals surface area contributed by atoms with E-state index in [1.165, 1.54) is 6.33 Å². The summed E-state index contributed by atoms with van der Waals surface area (Å²) in [6.45, 7) is 5.81. The zero-order valence-corrected chi connectivity index (χ0v) is 9.90. The molecule has 0 spiro atoms. The Balaban J connectivity index is 2.51. The molecule has 0 aromatic carbocycles. The van der Waals surface area contributed by atoms with Gasteiger partial charge in [0.25, 0.3) is 0 Å². The van der Waals surface area contributed by atoms with E-state index in [9.17, 15) is 4.79 Å². The Kier molecular flexibility index (Phi) is 4.42. The van der Waals surface area contributed by atoms with Crippen LogP contribution in [-0.2, 0) is 4.79 Å². The van der Waals surface area contributed by atoms with Gasteiger partial charge < -0.3 is 11.1 Å². The molecule has 16 heavy (non-hydrogen) atoms. The highest BCUT2D eigenvalue weighted by molar-refractivity contribution is 5.82. The molecule has 1 amide bonds. The molecule has 3 atom stereocenters. The summed E-state index contributed by atoms with van der Waals surface area (Å²) >= 11 is 0. The van der Waals surface area contributed by atoms with Gasteiger partial charge in [-0.1, -0.05) is 20.3 Å². The Morgan fingerprint density at radius 1 is 1.62 bits per heavy atom. The van der Waals surface area contributed by atoms with Crippen molar-refractivity contribution in [2.45, 2.75) is 39.3 Å². The number of rotatable bonds is 5. The highest BCUT2D eigenvalue weighted by Crippen LogP contribution is 2.08. The second-order valence-corrected chi connectivity index (χ2v) is 4.01. The van der Waals surface area contributed by atoms with Gasteiger partial charge in [-0.25, -0.2) is 4.98 Å². The normalized spacial score (nSPS) is 16.5. The lowest BCUT2D eigenvalue weighted by Gasteiger charge is -2.19. The summed E-state index contributed by atoms with van der Waals surface area (Å²) in [6.07, 6.45) is 2.29. The summed E-state index contributed by atoms with van der Waals surface area (Å²) in [6, 6.07) is -0.680. The number of aromatic amines is 1. The van der Waals surface area contributed by atoms with Crippen LogP contribution >= 0.6 is 0 Å². The molecule has 6 nitrogen and oxygen atoms in total. The first kappa shape index (κ1) is 12.6. The van der Waals surface area contributed by atoms with Gasteiger partial charge in [-0.2, -0.15) is 5.10 Å². The van der Waals surface area contributed by atoms with E-state index in [1.807, 2.05) is 20.8 Å². The number of H-pyrrole nitrogens is 1. The Bertz CT molecular complexity index is 324. The van der Waals surface area contributed by atoms with Crippen molar-refractivity contribution in [1.29, 1.82) is 0 Å². The third-order valence-electron chi connectivity index (χ3n) is 2.76. The molecule has 0 saturated carbocycles. The van der Waals surface area contributed by atoms with Gasteiger partial charge in [0.05, 0.1) is 12.1 Å². The fraction of sp³-hybridized carbons (Fsp3) is 0.700. The van der Waals surface area contributed by atoms with Gasteiger partial charge in [-0.15, -0.1) is 0 Å². The zero-order valence-electron chi connectivity index (χ0n) is 9.90. The van der Waals surface area contributed by atoms with Crippen molar-refractivity contribution >= 4 is 5.91 Å². The Morgan fingerprint density at radius 2 is 2.31 bits per heavy atom. The number of aromatic nitrogens is 3. The minimum atomic E-state index is -0.477. The molecule has 0 aliphatic carbocycles. The van der Waals surface area contributed by atoms with E-state index in [1.54, 1.807) is 0 Å². The highest BCUT2D eigenvalue weighted by Gasteiger charge is 2.21. The van der Waals surface area contributed by atoms with Gasteiger partial charge in [0.2, 0.25) is 5.91 Å². The van der Waals surface area contributed by atoms with Gasteiger partial charge in [-0.3, -0.25) is 9.89 Å². The zero-order chi connectivity index (χ0) is 12.1. The van der Waals surface area contributed by atoms with Crippen molar-refractivity contribution in [1.82, 2.24) is 20.5 Å². The average Bonchev–Trinajstić information content (AvgIpc) is 2.80. The Hall–Kier alpha value is -1.43. The summed E-state index contributed by atoms with van der Waals surface area (Å²) in [5, 5.41) is 9.24. The number of nitrogens with zero attached hydrogens (tertiary/aromatic N) is 2. The van der Waals surface area contributed by atoms with Gasteiger partial charge in [0, 0.05) is 0 Å². The van der Waals surface area contributed by atoms with Crippen LogP contribution in [0.2, 0.25) is 0 Å². The number of nitrogens with one attached hydrogen (secondary N) is 2. The van der Waals surface area contributed by atoms with Crippen LogP contribution in [0.15, 0.2) is 6.33 Å². The van der Waals surface area contributed by atoms with E-state index in [2.05, 4.69) is 20.5 Å². The topological polar surface area (TPSA) is 96.7 Å². The number of carbonyl (C=O) groups excluding carboxylic acids is 1. The predicted octanol–water partition coefficient (Wildman–Crippen LogP) is 0.355. The van der Waals surface area contributed by atoms with Crippen LogP contribution in [-0.4, -0.2) is 27.1 Å². The molecule has 1 aromatic heterocycles. The SMILES string of the molecule is CCC(C)[C@H](N)C(=O)NC(C)c1ncn[nH]1. The molecule has 1 aromatic rings. The van der Waals surface area contributed by atoms with Crippen molar-refractivity contribution < 1.29 is 4.79 Å². The summed E-state index contributed by atoms with van der Waals surface area (Å²) < 4.78 is 0. The minimum Gasteiger partial charge on any atom is -0.345 e. The van der Waals surface area contributed by atoms with Crippen molar-refractivity contribution in [2.24, 2.45) is 11.7 Å². The first-order valence-corrected chi connectivity index (χ1v) is 5.47. The van der Waals surface area contributed by atoms with Crippen molar-refractivity contribution in [3.63, 3.8) is 0 Å². The quantitative estimate of drug-likeness (QED) is 0.673. The predicted molar refractivity (Wildman–Crippen MR) is 60.4 cm³/mol. The lowest BCUT2D eigenvalue weighted by atomic mass is 9.99. The molecule has 0 radical (unpaired) electrons. The van der Waals surface area contributed by atoms with Gasteiger partial charge in [0.1, 0.15) is 12.2 Å². The van der Waals surface area contributed by atoms with Crippen LogP contribution in [0, 0.1) is 5.92 Å². The van der Waals surface area contributed by atoms with Crippen molar-refractivity contribution in [3.8, 4) is 0 Å². The van der Waals surface area contributed by atoms with Crippen LogP contribution in [0.4, 0.5) is 0 Å². The average molecular weight is 225 g/mol. The number of amides is 1. The largest absolute Gasteiger partial charge is 0.345 e. The molecule has 0 bridgehead atoms. The van der Waals surface area contributed by atoms with E-state index < -0.39 is 6.04 Å². The fourth-order valence-electron chi connectivity index (χ4n) is 1.31. The van der Waals surface area contributed by atoms with Gasteiger partial charge >= 0.3 is 0 Å². The maximum absolute atomic E-state index is 11.8. The molecule has 90 valence electrons. The van der Waals surface area contributed by atoms with Gasteiger partial charge in [-0.05, 0) is 12.8 Å². The Labute approximate surface area is 95.0 Å². The molecule has 4 N–H and O–H groups in total. The Morgan fingerprint density at radius 3 is 2.81 bits per heavy atom. The summed E-state index contributed by atoms with van der Waals surface area (Å²) in [5.74, 6) is 0.643. The molecule has 2 unspecified atom stereocenters. The van der Waals surface area contributed by atoms with E-state index >= 15 is 0 Å². The van der Waals surface area contributed by atoms with Crippen LogP contribution in [0.25, 0.3) is 0 Å². The van der Waals surface area contributed by atoms with Crippen molar-refractivity contribution in [3.05, 3.63) is 12.2 Å². The summed E-state index contributed by atoms with van der Waals surface area (Å²) in [4.78, 5) is 15.7. The number of hydrogen-bond donors (Lipinski definition) is 3. The number of nitrogens with two attached hydrogens (primary N) is 1. The first-order chi connectivity index (χ1) is 7.56. The number of hydrogen-bond acceptors (Lipinski definition) is 4. The smallest absolute Gasteiger partial charge is 0.237 e. The van der Waals surface area contributed by atoms with Crippen molar-refractivity contribution in [2.75, 3.05) is 0 Å².